The molecule has 2 aromatic heterocycles. The van der Waals surface area contributed by atoms with Crippen molar-refractivity contribution >= 4 is 40.5 Å². The highest BCUT2D eigenvalue weighted by molar-refractivity contribution is 6.31. The molecule has 0 spiro atoms. The molecule has 1 aromatic carbocycles. The Kier molecular flexibility index (Phi) is 3.23. The van der Waals surface area contributed by atoms with E-state index in [0.717, 1.165) is 22.6 Å². The van der Waals surface area contributed by atoms with E-state index >= 15 is 0 Å². The molecule has 5 nitrogen and oxygen atoms in total. The molecule has 7 heteroatoms. The molecule has 0 saturated heterocycles. The maximum absolute atomic E-state index is 6.13. The maximum atomic E-state index is 6.13. The predicted octanol–water partition coefficient (Wildman–Crippen LogP) is 3.79. The quantitative estimate of drug-likeness (QED) is 0.732. The van der Waals surface area contributed by atoms with E-state index in [9.17, 15) is 0 Å². The molecule has 0 atom stereocenters. The lowest BCUT2D eigenvalue weighted by Gasteiger charge is -2.13. The Bertz CT molecular complexity index is 797. The molecule has 0 bridgehead atoms. The Labute approximate surface area is 125 Å². The van der Waals surface area contributed by atoms with Crippen molar-refractivity contribution in [3.63, 3.8) is 0 Å². The van der Waals surface area contributed by atoms with Crippen molar-refractivity contribution in [2.75, 3.05) is 5.32 Å². The lowest BCUT2D eigenvalue weighted by atomic mass is 10.2. The van der Waals surface area contributed by atoms with E-state index in [-0.39, 0.29) is 0 Å². The highest BCUT2D eigenvalue weighted by Gasteiger charge is 2.13. The highest BCUT2D eigenvalue weighted by Crippen LogP contribution is 2.28. The average Bonchev–Trinajstić information content (AvgIpc) is 2.86. The zero-order valence-corrected chi connectivity index (χ0v) is 12.4. The van der Waals surface area contributed by atoms with Crippen molar-refractivity contribution < 1.29 is 0 Å². The highest BCUT2D eigenvalue weighted by atomic mass is 35.5. The first-order chi connectivity index (χ1) is 9.56. The van der Waals surface area contributed by atoms with Crippen LogP contribution in [0.5, 0.6) is 0 Å². The molecule has 0 saturated carbocycles. The number of nitrogens with one attached hydrogen (secondary N) is 1. The predicted molar refractivity (Wildman–Crippen MR) is 80.0 cm³/mol. The second kappa shape index (κ2) is 4.92. The number of nitrogens with zero attached hydrogens (tertiary/aromatic N) is 4. The van der Waals surface area contributed by atoms with Crippen LogP contribution < -0.4 is 5.32 Å². The van der Waals surface area contributed by atoms with Crippen molar-refractivity contribution in [3.05, 3.63) is 45.8 Å². The maximum Gasteiger partial charge on any atom is 0.255 e. The van der Waals surface area contributed by atoms with E-state index in [4.69, 9.17) is 23.2 Å². The van der Waals surface area contributed by atoms with Crippen LogP contribution >= 0.6 is 23.2 Å². The molecule has 0 amide bonds. The van der Waals surface area contributed by atoms with Gasteiger partial charge in [-0.1, -0.05) is 29.3 Å². The van der Waals surface area contributed by atoms with Gasteiger partial charge in [0.1, 0.15) is 17.3 Å². The summed E-state index contributed by atoms with van der Waals surface area (Å²) >= 11 is 12.2. The Morgan fingerprint density at radius 1 is 1.20 bits per heavy atom. The van der Waals surface area contributed by atoms with Gasteiger partial charge in [0, 0.05) is 16.3 Å². The van der Waals surface area contributed by atoms with Gasteiger partial charge in [0.25, 0.3) is 5.78 Å². The molecule has 0 aliphatic carbocycles. The van der Waals surface area contributed by atoms with Crippen LogP contribution in [0.25, 0.3) is 5.78 Å². The molecule has 3 aromatic rings. The molecule has 0 unspecified atom stereocenters. The van der Waals surface area contributed by atoms with Gasteiger partial charge in [-0.05, 0) is 31.5 Å². The number of aromatic nitrogens is 4. The Morgan fingerprint density at radius 3 is 2.80 bits per heavy atom. The van der Waals surface area contributed by atoms with Gasteiger partial charge in [-0.2, -0.15) is 19.6 Å². The number of rotatable bonds is 2. The number of aryl methyl sites for hydroxylation is 1. The molecule has 0 aliphatic rings. The topological polar surface area (TPSA) is 55.1 Å². The van der Waals surface area contributed by atoms with Crippen molar-refractivity contribution in [2.24, 2.45) is 0 Å². The summed E-state index contributed by atoms with van der Waals surface area (Å²) in [5, 5.41) is 8.51. The molecule has 3 rings (SSSR count). The summed E-state index contributed by atoms with van der Waals surface area (Å²) in [4.78, 5) is 8.22. The number of anilines is 2. The van der Waals surface area contributed by atoms with Crippen LogP contribution in [0.2, 0.25) is 10.2 Å². The fourth-order valence-electron chi connectivity index (χ4n) is 1.90. The third-order valence-electron chi connectivity index (χ3n) is 3.06. The fraction of sp³-hybridized carbons (Fsp3) is 0.154. The zero-order chi connectivity index (χ0) is 14.3. The number of hydrogen-bond acceptors (Lipinski definition) is 4. The van der Waals surface area contributed by atoms with Crippen molar-refractivity contribution in [2.45, 2.75) is 13.8 Å². The Hall–Kier alpha value is -1.85. The Morgan fingerprint density at radius 2 is 2.00 bits per heavy atom. The first-order valence-corrected chi connectivity index (χ1v) is 6.71. The zero-order valence-electron chi connectivity index (χ0n) is 10.9. The van der Waals surface area contributed by atoms with Gasteiger partial charge in [0.15, 0.2) is 0 Å². The largest absolute Gasteiger partial charge is 0.339 e. The summed E-state index contributed by atoms with van der Waals surface area (Å²) in [7, 11) is 0. The SMILES string of the molecule is Cc1ccc(Cl)cc1Nc1c(C)c(Cl)nc2ncnn12. The van der Waals surface area contributed by atoms with Gasteiger partial charge in [-0.25, -0.2) is 0 Å². The van der Waals surface area contributed by atoms with Gasteiger partial charge < -0.3 is 5.32 Å². The van der Waals surface area contributed by atoms with E-state index in [1.807, 2.05) is 32.0 Å². The number of halogens is 2. The second-order valence-electron chi connectivity index (χ2n) is 4.43. The molecule has 0 fully saturated rings. The van der Waals surface area contributed by atoms with E-state index in [1.165, 1.54) is 6.33 Å². The van der Waals surface area contributed by atoms with E-state index in [2.05, 4.69) is 20.4 Å². The lowest BCUT2D eigenvalue weighted by molar-refractivity contribution is 0.936. The van der Waals surface area contributed by atoms with Crippen molar-refractivity contribution in [1.82, 2.24) is 19.6 Å². The molecule has 2 heterocycles. The molecular weight excluding hydrogens is 297 g/mol. The second-order valence-corrected chi connectivity index (χ2v) is 5.23. The number of fused-ring (bicyclic) bond motifs is 1. The molecular formula is C13H11Cl2N5. The van der Waals surface area contributed by atoms with Crippen LogP contribution in [0.3, 0.4) is 0 Å². The Balaban J connectivity index is 2.17. The minimum atomic E-state index is 0.396. The van der Waals surface area contributed by atoms with Gasteiger partial charge >= 0.3 is 0 Å². The minimum Gasteiger partial charge on any atom is -0.339 e. The summed E-state index contributed by atoms with van der Waals surface area (Å²) in [6.07, 6.45) is 1.44. The summed E-state index contributed by atoms with van der Waals surface area (Å²) in [6.45, 7) is 3.87. The van der Waals surface area contributed by atoms with Crippen LogP contribution in [0.15, 0.2) is 24.5 Å². The lowest BCUT2D eigenvalue weighted by Crippen LogP contribution is -2.05. The van der Waals surface area contributed by atoms with Crippen molar-refractivity contribution in [1.29, 1.82) is 0 Å². The molecule has 102 valence electrons. The minimum absolute atomic E-state index is 0.396. The average molecular weight is 308 g/mol. The van der Waals surface area contributed by atoms with Crippen LogP contribution in [0.1, 0.15) is 11.1 Å². The van der Waals surface area contributed by atoms with E-state index in [1.54, 1.807) is 4.52 Å². The third-order valence-corrected chi connectivity index (χ3v) is 3.66. The van der Waals surface area contributed by atoms with Gasteiger partial charge in [-0.3, -0.25) is 0 Å². The third kappa shape index (κ3) is 2.19. The normalized spacial score (nSPS) is 11.0. The molecule has 1 N–H and O–H groups in total. The van der Waals surface area contributed by atoms with Crippen molar-refractivity contribution in [3.8, 4) is 0 Å². The summed E-state index contributed by atoms with van der Waals surface area (Å²) in [5.74, 6) is 1.17. The van der Waals surface area contributed by atoms with Crippen LogP contribution in [0.4, 0.5) is 11.5 Å². The van der Waals surface area contributed by atoms with Gasteiger partial charge in [-0.15, -0.1) is 0 Å². The van der Waals surface area contributed by atoms with Crippen LogP contribution in [-0.4, -0.2) is 19.6 Å². The van der Waals surface area contributed by atoms with E-state index < -0.39 is 0 Å². The monoisotopic (exact) mass is 307 g/mol. The van der Waals surface area contributed by atoms with Gasteiger partial charge in [0.2, 0.25) is 0 Å². The van der Waals surface area contributed by atoms with Gasteiger partial charge in [0.05, 0.1) is 0 Å². The molecule has 0 aliphatic heterocycles. The summed E-state index contributed by atoms with van der Waals surface area (Å²) in [5.41, 5.74) is 2.75. The smallest absolute Gasteiger partial charge is 0.255 e. The fourth-order valence-corrected chi connectivity index (χ4v) is 2.24. The standard InChI is InChI=1S/C13H11Cl2N5/c1-7-3-4-9(14)5-10(7)18-12-8(2)11(15)19-13-16-6-17-20(12)13/h3-6,18H,1-2H3. The van der Waals surface area contributed by atoms with Crippen LogP contribution in [-0.2, 0) is 0 Å². The first kappa shape index (κ1) is 13.1. The first-order valence-electron chi connectivity index (χ1n) is 5.95. The van der Waals surface area contributed by atoms with Crippen LogP contribution in [0, 0.1) is 13.8 Å². The summed E-state index contributed by atoms with van der Waals surface area (Å²) < 4.78 is 1.61. The number of hydrogen-bond donors (Lipinski definition) is 1. The molecule has 20 heavy (non-hydrogen) atoms. The van der Waals surface area contributed by atoms with E-state index in [0.29, 0.717) is 16.0 Å². The number of benzene rings is 1. The molecule has 0 radical (unpaired) electrons. The summed E-state index contributed by atoms with van der Waals surface area (Å²) in [6, 6.07) is 5.65.